The summed E-state index contributed by atoms with van der Waals surface area (Å²) in [6.45, 7) is 9.82. The Balaban J connectivity index is 2.54. The smallest absolute Gasteiger partial charge is 0.00769 e. The molecular weight excluding hydrogens is 240 g/mol. The van der Waals surface area contributed by atoms with Gasteiger partial charge in [0.25, 0.3) is 0 Å². The second-order valence-corrected chi connectivity index (χ2v) is 6.46. The van der Waals surface area contributed by atoms with Crippen molar-refractivity contribution in [3.63, 3.8) is 0 Å². The summed E-state index contributed by atoms with van der Waals surface area (Å²) >= 11 is 1.90. The van der Waals surface area contributed by atoms with Gasteiger partial charge in [0.1, 0.15) is 0 Å². The van der Waals surface area contributed by atoms with Crippen LogP contribution < -0.4 is 10.6 Å². The van der Waals surface area contributed by atoms with Gasteiger partial charge < -0.3 is 10.6 Å². The Hall–Kier alpha value is -0.510. The van der Waals surface area contributed by atoms with Crippen LogP contribution in [0.4, 0.5) is 0 Å². The van der Waals surface area contributed by atoms with Gasteiger partial charge in [0.15, 0.2) is 0 Å². The minimum absolute atomic E-state index is 0.184. The van der Waals surface area contributed by atoms with Gasteiger partial charge in [0, 0.05) is 29.9 Å². The zero-order chi connectivity index (χ0) is 13.4. The highest BCUT2D eigenvalue weighted by Crippen LogP contribution is 2.25. The average molecular weight is 266 g/mol. The van der Waals surface area contributed by atoms with Gasteiger partial charge in [0.2, 0.25) is 0 Å². The van der Waals surface area contributed by atoms with Gasteiger partial charge in [-0.25, -0.2) is 0 Å². The molecule has 1 aromatic carbocycles. The van der Waals surface area contributed by atoms with Crippen LogP contribution in [-0.4, -0.2) is 32.4 Å². The predicted octanol–water partition coefficient (Wildman–Crippen LogP) is 2.89. The van der Waals surface area contributed by atoms with Crippen molar-refractivity contribution in [1.82, 2.24) is 10.6 Å². The Kier molecular flexibility index (Phi) is 6.76. The molecule has 3 heteroatoms. The third-order valence-corrected chi connectivity index (χ3v) is 3.96. The third-order valence-electron chi connectivity index (χ3n) is 3.07. The zero-order valence-electron chi connectivity index (χ0n) is 12.0. The molecule has 1 rings (SSSR count). The quantitative estimate of drug-likeness (QED) is 0.559. The Bertz CT molecular complexity index is 333. The van der Waals surface area contributed by atoms with Gasteiger partial charge >= 0.3 is 0 Å². The van der Waals surface area contributed by atoms with Crippen LogP contribution in [-0.2, 0) is 5.41 Å². The van der Waals surface area contributed by atoms with E-state index in [1.807, 2.05) is 18.8 Å². The molecule has 0 bridgehead atoms. The van der Waals surface area contributed by atoms with E-state index in [9.17, 15) is 0 Å². The summed E-state index contributed by atoms with van der Waals surface area (Å²) in [5.74, 6) is 1.13. The van der Waals surface area contributed by atoms with Gasteiger partial charge in [-0.1, -0.05) is 32.9 Å². The Morgan fingerprint density at radius 2 is 1.78 bits per heavy atom. The van der Waals surface area contributed by atoms with Crippen LogP contribution in [0.5, 0.6) is 0 Å². The molecule has 102 valence electrons. The van der Waals surface area contributed by atoms with E-state index in [4.69, 9.17) is 0 Å². The number of thioether (sulfide) groups is 1. The molecule has 0 saturated heterocycles. The van der Waals surface area contributed by atoms with E-state index in [-0.39, 0.29) is 5.41 Å². The van der Waals surface area contributed by atoms with E-state index in [1.165, 1.54) is 10.5 Å². The van der Waals surface area contributed by atoms with Crippen molar-refractivity contribution in [2.45, 2.75) is 31.1 Å². The minimum Gasteiger partial charge on any atom is -0.318 e. The Labute approximate surface area is 116 Å². The first-order valence-corrected chi connectivity index (χ1v) is 7.67. The second-order valence-electron chi connectivity index (χ2n) is 5.12. The maximum absolute atomic E-state index is 3.50. The number of hydrogen-bond acceptors (Lipinski definition) is 3. The summed E-state index contributed by atoms with van der Waals surface area (Å²) in [5, 5.41) is 6.65. The number of benzene rings is 1. The zero-order valence-corrected chi connectivity index (χ0v) is 12.9. The molecule has 0 aliphatic carbocycles. The summed E-state index contributed by atoms with van der Waals surface area (Å²) in [4.78, 5) is 1.36. The van der Waals surface area contributed by atoms with E-state index in [0.29, 0.717) is 0 Å². The molecule has 0 radical (unpaired) electrons. The van der Waals surface area contributed by atoms with Crippen LogP contribution >= 0.6 is 11.8 Å². The van der Waals surface area contributed by atoms with Crippen molar-refractivity contribution < 1.29 is 0 Å². The maximum atomic E-state index is 3.50. The Morgan fingerprint density at radius 1 is 1.11 bits per heavy atom. The molecule has 0 amide bonds. The van der Waals surface area contributed by atoms with Crippen molar-refractivity contribution in [2.75, 3.05) is 32.4 Å². The minimum atomic E-state index is 0.184. The van der Waals surface area contributed by atoms with Crippen LogP contribution in [0.3, 0.4) is 0 Å². The van der Waals surface area contributed by atoms with Crippen molar-refractivity contribution in [3.05, 3.63) is 29.8 Å². The van der Waals surface area contributed by atoms with E-state index < -0.39 is 0 Å². The topological polar surface area (TPSA) is 24.1 Å². The predicted molar refractivity (Wildman–Crippen MR) is 82.7 cm³/mol. The number of hydrogen-bond donors (Lipinski definition) is 2. The SMILES string of the molecule is CCSc1ccc(C(C)(C)CNCCNC)cc1. The van der Waals surface area contributed by atoms with E-state index >= 15 is 0 Å². The third kappa shape index (κ3) is 5.01. The molecule has 0 aliphatic rings. The van der Waals surface area contributed by atoms with Gasteiger partial charge in [0.05, 0.1) is 0 Å². The number of rotatable bonds is 8. The summed E-state index contributed by atoms with van der Waals surface area (Å²) in [6.07, 6.45) is 0. The molecule has 18 heavy (non-hydrogen) atoms. The lowest BCUT2D eigenvalue weighted by Gasteiger charge is -2.26. The molecule has 2 nitrogen and oxygen atoms in total. The van der Waals surface area contributed by atoms with Crippen LogP contribution in [0.15, 0.2) is 29.2 Å². The normalized spacial score (nSPS) is 11.8. The van der Waals surface area contributed by atoms with Crippen LogP contribution in [0, 0.1) is 0 Å². The van der Waals surface area contributed by atoms with E-state index in [1.54, 1.807) is 0 Å². The average Bonchev–Trinajstić information content (AvgIpc) is 2.36. The van der Waals surface area contributed by atoms with Crippen molar-refractivity contribution in [2.24, 2.45) is 0 Å². The van der Waals surface area contributed by atoms with Gasteiger partial charge in [-0.15, -0.1) is 11.8 Å². The Morgan fingerprint density at radius 3 is 2.33 bits per heavy atom. The summed E-state index contributed by atoms with van der Waals surface area (Å²) in [5.41, 5.74) is 1.59. The first-order valence-electron chi connectivity index (χ1n) is 6.69. The standard InChI is InChI=1S/C15H26N2S/c1-5-18-14-8-6-13(7-9-14)15(2,3)12-17-11-10-16-4/h6-9,16-17H,5,10-12H2,1-4H3. The molecule has 0 aliphatic heterocycles. The first kappa shape index (κ1) is 15.5. The van der Waals surface area contributed by atoms with Crippen molar-refractivity contribution in [1.29, 1.82) is 0 Å². The molecule has 0 atom stereocenters. The summed E-state index contributed by atoms with van der Waals surface area (Å²) < 4.78 is 0. The highest BCUT2D eigenvalue weighted by Gasteiger charge is 2.19. The van der Waals surface area contributed by atoms with Gasteiger partial charge in [-0.2, -0.15) is 0 Å². The van der Waals surface area contributed by atoms with Crippen molar-refractivity contribution in [3.8, 4) is 0 Å². The molecule has 0 aromatic heterocycles. The van der Waals surface area contributed by atoms with Gasteiger partial charge in [-0.05, 0) is 30.5 Å². The molecule has 0 unspecified atom stereocenters. The van der Waals surface area contributed by atoms with E-state index in [0.717, 1.165) is 25.4 Å². The molecular formula is C15H26N2S. The van der Waals surface area contributed by atoms with Gasteiger partial charge in [-0.3, -0.25) is 0 Å². The molecule has 0 fully saturated rings. The van der Waals surface area contributed by atoms with Crippen LogP contribution in [0.25, 0.3) is 0 Å². The van der Waals surface area contributed by atoms with Crippen LogP contribution in [0.1, 0.15) is 26.3 Å². The molecule has 2 N–H and O–H groups in total. The molecule has 0 saturated carbocycles. The number of likely N-dealkylation sites (N-methyl/N-ethyl adjacent to an activating group) is 1. The lowest BCUT2D eigenvalue weighted by atomic mass is 9.84. The maximum Gasteiger partial charge on any atom is 0.00769 e. The lowest BCUT2D eigenvalue weighted by molar-refractivity contribution is 0.468. The fourth-order valence-electron chi connectivity index (χ4n) is 1.89. The monoisotopic (exact) mass is 266 g/mol. The highest BCUT2D eigenvalue weighted by atomic mass is 32.2. The van der Waals surface area contributed by atoms with E-state index in [2.05, 4.69) is 55.7 Å². The first-order chi connectivity index (χ1) is 8.60. The van der Waals surface area contributed by atoms with Crippen molar-refractivity contribution >= 4 is 11.8 Å². The number of nitrogens with one attached hydrogen (secondary N) is 2. The fraction of sp³-hybridized carbons (Fsp3) is 0.600. The molecule has 0 heterocycles. The molecule has 1 aromatic rings. The summed E-state index contributed by atoms with van der Waals surface area (Å²) in [7, 11) is 1.98. The highest BCUT2D eigenvalue weighted by molar-refractivity contribution is 7.99. The largest absolute Gasteiger partial charge is 0.318 e. The fourth-order valence-corrected chi connectivity index (χ4v) is 2.55. The van der Waals surface area contributed by atoms with Crippen LogP contribution in [0.2, 0.25) is 0 Å². The summed E-state index contributed by atoms with van der Waals surface area (Å²) in [6, 6.07) is 8.99. The lowest BCUT2D eigenvalue weighted by Crippen LogP contribution is -2.36. The second kappa shape index (κ2) is 7.82. The molecule has 0 spiro atoms.